The standard InChI is InChI=1S/C17H16N4O3/c1-9-15(23-8-18-9)17(22)20-14-6-4-11-7-12(3-5-13(11)14)16-19-10(2)24-21-16/h3,5,7-8,14H,4,6H2,1-2H3,(H,20,22). The Labute approximate surface area is 138 Å². The number of hydrogen-bond acceptors (Lipinski definition) is 6. The molecule has 4 rings (SSSR count). The summed E-state index contributed by atoms with van der Waals surface area (Å²) >= 11 is 0. The van der Waals surface area contributed by atoms with Crippen LogP contribution in [0.25, 0.3) is 11.4 Å². The van der Waals surface area contributed by atoms with Gasteiger partial charge in [-0.25, -0.2) is 4.98 Å². The summed E-state index contributed by atoms with van der Waals surface area (Å²) in [7, 11) is 0. The summed E-state index contributed by atoms with van der Waals surface area (Å²) in [6.45, 7) is 3.51. The molecule has 7 heteroatoms. The number of rotatable bonds is 3. The van der Waals surface area contributed by atoms with E-state index in [9.17, 15) is 4.79 Å². The maximum Gasteiger partial charge on any atom is 0.289 e. The van der Waals surface area contributed by atoms with E-state index in [4.69, 9.17) is 8.94 Å². The number of aryl methyl sites for hydroxylation is 3. The van der Waals surface area contributed by atoms with Crippen molar-refractivity contribution < 1.29 is 13.7 Å². The van der Waals surface area contributed by atoms with E-state index in [2.05, 4.69) is 26.5 Å². The van der Waals surface area contributed by atoms with Gasteiger partial charge < -0.3 is 14.3 Å². The molecule has 1 aliphatic carbocycles. The van der Waals surface area contributed by atoms with Crippen molar-refractivity contribution in [3.8, 4) is 11.4 Å². The van der Waals surface area contributed by atoms with Crippen molar-refractivity contribution in [2.24, 2.45) is 0 Å². The molecule has 1 atom stereocenters. The molecule has 7 nitrogen and oxygen atoms in total. The Morgan fingerprint density at radius 2 is 2.21 bits per heavy atom. The van der Waals surface area contributed by atoms with E-state index < -0.39 is 0 Å². The molecule has 1 aromatic carbocycles. The molecule has 0 fully saturated rings. The first-order valence-electron chi connectivity index (χ1n) is 7.76. The summed E-state index contributed by atoms with van der Waals surface area (Å²) in [5.41, 5.74) is 3.82. The van der Waals surface area contributed by atoms with Crippen molar-refractivity contribution >= 4 is 5.91 Å². The lowest BCUT2D eigenvalue weighted by atomic mass is 10.0. The summed E-state index contributed by atoms with van der Waals surface area (Å²) in [6, 6.07) is 6.00. The van der Waals surface area contributed by atoms with Crippen LogP contribution in [0.1, 0.15) is 45.7 Å². The average Bonchev–Trinajstić information content (AvgIpc) is 3.27. The van der Waals surface area contributed by atoms with Gasteiger partial charge in [-0.1, -0.05) is 17.3 Å². The van der Waals surface area contributed by atoms with E-state index in [-0.39, 0.29) is 17.7 Å². The Balaban J connectivity index is 1.56. The Bertz CT molecular complexity index is 912. The molecule has 1 aliphatic rings. The van der Waals surface area contributed by atoms with Crippen LogP contribution in [0, 0.1) is 13.8 Å². The van der Waals surface area contributed by atoms with E-state index in [1.54, 1.807) is 13.8 Å². The van der Waals surface area contributed by atoms with Gasteiger partial charge in [0.2, 0.25) is 17.5 Å². The molecule has 0 spiro atoms. The number of oxazole rings is 1. The summed E-state index contributed by atoms with van der Waals surface area (Å²) in [5, 5.41) is 6.97. The molecule has 0 radical (unpaired) electrons. The lowest BCUT2D eigenvalue weighted by Crippen LogP contribution is -2.27. The quantitative estimate of drug-likeness (QED) is 0.796. The second kappa shape index (κ2) is 5.59. The topological polar surface area (TPSA) is 94.1 Å². The molecule has 0 saturated heterocycles. The SMILES string of the molecule is Cc1nc(-c2ccc3c(c2)CCC3NC(=O)c2ocnc2C)no1. The minimum absolute atomic E-state index is 0.0296. The number of nitrogens with one attached hydrogen (secondary N) is 1. The van der Waals surface area contributed by atoms with Gasteiger partial charge in [0.05, 0.1) is 11.7 Å². The highest BCUT2D eigenvalue weighted by molar-refractivity contribution is 5.92. The van der Waals surface area contributed by atoms with Crippen molar-refractivity contribution in [1.29, 1.82) is 0 Å². The Morgan fingerprint density at radius 3 is 2.92 bits per heavy atom. The highest BCUT2D eigenvalue weighted by atomic mass is 16.5. The van der Waals surface area contributed by atoms with Crippen LogP contribution >= 0.6 is 0 Å². The molecule has 3 aromatic rings. The third kappa shape index (κ3) is 2.47. The zero-order chi connectivity index (χ0) is 16.7. The molecule has 1 amide bonds. The van der Waals surface area contributed by atoms with Gasteiger partial charge in [-0.3, -0.25) is 4.79 Å². The third-order valence-electron chi connectivity index (χ3n) is 4.26. The Morgan fingerprint density at radius 1 is 1.33 bits per heavy atom. The molecule has 0 saturated carbocycles. The molecule has 122 valence electrons. The van der Waals surface area contributed by atoms with Gasteiger partial charge in [-0.15, -0.1) is 0 Å². The Hall–Kier alpha value is -2.96. The van der Waals surface area contributed by atoms with Crippen LogP contribution in [0.2, 0.25) is 0 Å². The van der Waals surface area contributed by atoms with E-state index in [1.165, 1.54) is 12.0 Å². The van der Waals surface area contributed by atoms with Crippen LogP contribution in [-0.2, 0) is 6.42 Å². The lowest BCUT2D eigenvalue weighted by molar-refractivity contribution is 0.0908. The highest BCUT2D eigenvalue weighted by Gasteiger charge is 2.26. The molecule has 1 N–H and O–H groups in total. The second-order valence-electron chi connectivity index (χ2n) is 5.88. The number of carbonyl (C=O) groups excluding carboxylic acids is 1. The van der Waals surface area contributed by atoms with Gasteiger partial charge in [0, 0.05) is 12.5 Å². The Kier molecular flexibility index (Phi) is 3.41. The predicted molar refractivity (Wildman–Crippen MR) is 84.2 cm³/mol. The molecule has 2 aromatic heterocycles. The second-order valence-corrected chi connectivity index (χ2v) is 5.88. The van der Waals surface area contributed by atoms with Crippen LogP contribution in [0.3, 0.4) is 0 Å². The first-order valence-corrected chi connectivity index (χ1v) is 7.76. The third-order valence-corrected chi connectivity index (χ3v) is 4.26. The summed E-state index contributed by atoms with van der Waals surface area (Å²) in [6.07, 6.45) is 3.02. The van der Waals surface area contributed by atoms with Crippen molar-refractivity contribution in [3.05, 3.63) is 53.1 Å². The van der Waals surface area contributed by atoms with Gasteiger partial charge in [-0.05, 0) is 37.0 Å². The monoisotopic (exact) mass is 324 g/mol. The smallest absolute Gasteiger partial charge is 0.289 e. The molecule has 0 bridgehead atoms. The van der Waals surface area contributed by atoms with Crippen LogP contribution < -0.4 is 5.32 Å². The van der Waals surface area contributed by atoms with E-state index in [0.717, 1.165) is 24.0 Å². The van der Waals surface area contributed by atoms with Crippen molar-refractivity contribution in [1.82, 2.24) is 20.4 Å². The molecule has 1 unspecified atom stereocenters. The fourth-order valence-corrected chi connectivity index (χ4v) is 3.07. The molecule has 2 heterocycles. The zero-order valence-corrected chi connectivity index (χ0v) is 13.4. The summed E-state index contributed by atoms with van der Waals surface area (Å²) in [4.78, 5) is 20.5. The number of benzene rings is 1. The number of nitrogens with zero attached hydrogens (tertiary/aromatic N) is 3. The van der Waals surface area contributed by atoms with Gasteiger partial charge in [0.15, 0.2) is 6.39 Å². The minimum Gasteiger partial charge on any atom is -0.438 e. The maximum atomic E-state index is 12.3. The molecular weight excluding hydrogens is 308 g/mol. The molecule has 24 heavy (non-hydrogen) atoms. The highest BCUT2D eigenvalue weighted by Crippen LogP contribution is 2.34. The van der Waals surface area contributed by atoms with Crippen molar-refractivity contribution in [3.63, 3.8) is 0 Å². The lowest BCUT2D eigenvalue weighted by Gasteiger charge is -2.13. The van der Waals surface area contributed by atoms with Crippen molar-refractivity contribution in [2.75, 3.05) is 0 Å². The van der Waals surface area contributed by atoms with Crippen LogP contribution in [0.5, 0.6) is 0 Å². The summed E-state index contributed by atoms with van der Waals surface area (Å²) in [5.74, 6) is 1.15. The number of aromatic nitrogens is 3. The van der Waals surface area contributed by atoms with Crippen LogP contribution in [0.4, 0.5) is 0 Å². The number of amides is 1. The van der Waals surface area contributed by atoms with E-state index >= 15 is 0 Å². The molecular formula is C17H16N4O3. The van der Waals surface area contributed by atoms with Crippen LogP contribution in [-0.4, -0.2) is 21.0 Å². The predicted octanol–water partition coefficient (Wildman–Crippen LogP) is 2.76. The normalized spacial score (nSPS) is 16.2. The molecule has 0 aliphatic heterocycles. The van der Waals surface area contributed by atoms with Crippen molar-refractivity contribution in [2.45, 2.75) is 32.7 Å². The number of carbonyl (C=O) groups is 1. The average molecular weight is 324 g/mol. The zero-order valence-electron chi connectivity index (χ0n) is 13.4. The first-order chi connectivity index (χ1) is 11.6. The minimum atomic E-state index is -0.235. The first kappa shape index (κ1) is 14.6. The van der Waals surface area contributed by atoms with E-state index in [0.29, 0.717) is 17.4 Å². The van der Waals surface area contributed by atoms with Gasteiger partial charge in [0.25, 0.3) is 5.91 Å². The largest absolute Gasteiger partial charge is 0.438 e. The fourth-order valence-electron chi connectivity index (χ4n) is 3.07. The van der Waals surface area contributed by atoms with Crippen LogP contribution in [0.15, 0.2) is 33.5 Å². The van der Waals surface area contributed by atoms with Gasteiger partial charge in [0.1, 0.15) is 0 Å². The number of fused-ring (bicyclic) bond motifs is 1. The maximum absolute atomic E-state index is 12.3. The summed E-state index contributed by atoms with van der Waals surface area (Å²) < 4.78 is 10.2. The van der Waals surface area contributed by atoms with E-state index in [1.807, 2.05) is 12.1 Å². The number of hydrogen-bond donors (Lipinski definition) is 1. The van der Waals surface area contributed by atoms with Gasteiger partial charge in [-0.2, -0.15) is 4.98 Å². The fraction of sp³-hybridized carbons (Fsp3) is 0.294. The van der Waals surface area contributed by atoms with Gasteiger partial charge >= 0.3 is 0 Å².